The Bertz CT molecular complexity index is 582. The number of hydrogen-bond acceptors (Lipinski definition) is 3. The van der Waals surface area contributed by atoms with Crippen molar-refractivity contribution in [3.63, 3.8) is 0 Å². The fraction of sp³-hybridized carbons (Fsp3) is 0.500. The number of carbonyl (C=O) groups excluding carboxylic acids is 2. The van der Waals surface area contributed by atoms with Crippen LogP contribution in [-0.4, -0.2) is 16.7 Å². The van der Waals surface area contributed by atoms with Crippen LogP contribution >= 0.6 is 0 Å². The Labute approximate surface area is 118 Å². The van der Waals surface area contributed by atoms with Gasteiger partial charge in [-0.05, 0) is 29.0 Å². The van der Waals surface area contributed by atoms with Gasteiger partial charge in [-0.15, -0.1) is 0 Å². The number of piperidine rings is 1. The second-order valence-corrected chi connectivity index (χ2v) is 6.50. The molecule has 1 heterocycles. The third kappa shape index (κ3) is 1.71. The van der Waals surface area contributed by atoms with Gasteiger partial charge in [0.15, 0.2) is 0 Å². The lowest BCUT2D eigenvalue weighted by molar-refractivity contribution is -0.143. The molecule has 0 aromatic heterocycles. The molecule has 106 valence electrons. The smallest absolute Gasteiger partial charge is 0.233 e. The van der Waals surface area contributed by atoms with E-state index in [0.29, 0.717) is 13.1 Å². The maximum atomic E-state index is 12.3. The Morgan fingerprint density at radius 3 is 2.30 bits per heavy atom. The van der Waals surface area contributed by atoms with E-state index in [2.05, 4.69) is 0 Å². The van der Waals surface area contributed by atoms with Crippen LogP contribution in [0.1, 0.15) is 30.5 Å². The second-order valence-electron chi connectivity index (χ2n) is 6.50. The predicted octanol–water partition coefficient (Wildman–Crippen LogP) is 1.59. The van der Waals surface area contributed by atoms with Crippen LogP contribution in [0.15, 0.2) is 18.2 Å². The number of nitrogens with two attached hydrogens (primary N) is 1. The fourth-order valence-electron chi connectivity index (χ4n) is 3.39. The standard InChI is InChI=1S/C16H20N2O2/c1-9-6-10(7-17)4-5-11(9)8-18-14(19)12-13(15(18)20)16(12,2)3/h4-6,12-13H,7-8,17H2,1-3H3. The van der Waals surface area contributed by atoms with E-state index >= 15 is 0 Å². The maximum absolute atomic E-state index is 12.3. The zero-order valence-electron chi connectivity index (χ0n) is 12.1. The van der Waals surface area contributed by atoms with E-state index in [-0.39, 0.29) is 29.1 Å². The minimum Gasteiger partial charge on any atom is -0.326 e. The van der Waals surface area contributed by atoms with Crippen LogP contribution in [0, 0.1) is 24.2 Å². The molecule has 0 radical (unpaired) electrons. The molecule has 1 aliphatic heterocycles. The molecular weight excluding hydrogens is 252 g/mol. The van der Waals surface area contributed by atoms with Crippen molar-refractivity contribution in [1.29, 1.82) is 0 Å². The quantitative estimate of drug-likeness (QED) is 0.850. The van der Waals surface area contributed by atoms with Crippen molar-refractivity contribution in [2.75, 3.05) is 0 Å². The van der Waals surface area contributed by atoms with Crippen LogP contribution in [0.2, 0.25) is 0 Å². The lowest BCUT2D eigenvalue weighted by Crippen LogP contribution is -2.35. The number of benzene rings is 1. The number of hydrogen-bond donors (Lipinski definition) is 1. The van der Waals surface area contributed by atoms with E-state index in [0.717, 1.165) is 16.7 Å². The fourth-order valence-corrected chi connectivity index (χ4v) is 3.39. The van der Waals surface area contributed by atoms with E-state index in [4.69, 9.17) is 5.73 Å². The number of rotatable bonds is 3. The molecule has 2 N–H and O–H groups in total. The summed E-state index contributed by atoms with van der Waals surface area (Å²) >= 11 is 0. The third-order valence-corrected chi connectivity index (χ3v) is 4.86. The molecule has 4 heteroatoms. The van der Waals surface area contributed by atoms with Crippen molar-refractivity contribution >= 4 is 11.8 Å². The topological polar surface area (TPSA) is 63.4 Å². The van der Waals surface area contributed by atoms with Crippen LogP contribution in [0.25, 0.3) is 0 Å². The number of likely N-dealkylation sites (tertiary alicyclic amines) is 1. The summed E-state index contributed by atoms with van der Waals surface area (Å²) in [5, 5.41) is 0. The van der Waals surface area contributed by atoms with E-state index in [1.807, 2.05) is 39.0 Å². The number of aryl methyl sites for hydroxylation is 1. The van der Waals surface area contributed by atoms with Gasteiger partial charge < -0.3 is 5.73 Å². The molecule has 1 aliphatic carbocycles. The van der Waals surface area contributed by atoms with Gasteiger partial charge in [0.05, 0.1) is 18.4 Å². The molecule has 20 heavy (non-hydrogen) atoms. The molecule has 1 saturated carbocycles. The Kier molecular flexibility index (Phi) is 2.77. The maximum Gasteiger partial charge on any atom is 0.233 e. The second kappa shape index (κ2) is 4.16. The first-order valence-corrected chi connectivity index (χ1v) is 7.01. The van der Waals surface area contributed by atoms with Crippen molar-refractivity contribution in [2.45, 2.75) is 33.9 Å². The summed E-state index contributed by atoms with van der Waals surface area (Å²) in [6.07, 6.45) is 0. The number of fused-ring (bicyclic) bond motifs is 1. The zero-order chi connectivity index (χ0) is 14.7. The number of amides is 2. The van der Waals surface area contributed by atoms with Gasteiger partial charge in [0.2, 0.25) is 11.8 Å². The first kappa shape index (κ1) is 13.3. The highest BCUT2D eigenvalue weighted by atomic mass is 16.2. The molecule has 4 nitrogen and oxygen atoms in total. The van der Waals surface area contributed by atoms with Crippen LogP contribution in [-0.2, 0) is 22.7 Å². The number of carbonyl (C=O) groups is 2. The summed E-state index contributed by atoms with van der Waals surface area (Å²) in [5.41, 5.74) is 8.63. The first-order chi connectivity index (χ1) is 9.37. The van der Waals surface area contributed by atoms with E-state index < -0.39 is 0 Å². The lowest BCUT2D eigenvalue weighted by atomic mass is 10.0. The molecule has 0 bridgehead atoms. The van der Waals surface area contributed by atoms with Crippen molar-refractivity contribution in [3.05, 3.63) is 34.9 Å². The Morgan fingerprint density at radius 1 is 1.20 bits per heavy atom. The molecule has 3 rings (SSSR count). The monoisotopic (exact) mass is 272 g/mol. The molecule has 1 saturated heterocycles. The van der Waals surface area contributed by atoms with Crippen LogP contribution in [0.5, 0.6) is 0 Å². The van der Waals surface area contributed by atoms with Crippen molar-refractivity contribution in [1.82, 2.24) is 4.90 Å². The van der Waals surface area contributed by atoms with Gasteiger partial charge in [-0.1, -0.05) is 32.0 Å². The highest BCUT2D eigenvalue weighted by molar-refractivity contribution is 6.10. The van der Waals surface area contributed by atoms with Gasteiger partial charge in [-0.2, -0.15) is 0 Å². The number of imide groups is 1. The Morgan fingerprint density at radius 2 is 1.80 bits per heavy atom. The predicted molar refractivity (Wildman–Crippen MR) is 75.4 cm³/mol. The normalized spacial score (nSPS) is 26.9. The Hall–Kier alpha value is -1.68. The van der Waals surface area contributed by atoms with Crippen molar-refractivity contribution < 1.29 is 9.59 Å². The van der Waals surface area contributed by atoms with Crippen LogP contribution in [0.3, 0.4) is 0 Å². The minimum atomic E-state index is -0.136. The van der Waals surface area contributed by atoms with Gasteiger partial charge in [-0.25, -0.2) is 0 Å². The summed E-state index contributed by atoms with van der Waals surface area (Å²) in [5.74, 6) is -0.211. The largest absolute Gasteiger partial charge is 0.326 e. The average Bonchev–Trinajstić information content (AvgIpc) is 2.87. The van der Waals surface area contributed by atoms with Crippen molar-refractivity contribution in [2.24, 2.45) is 23.0 Å². The summed E-state index contributed by atoms with van der Waals surface area (Å²) in [6.45, 7) is 6.87. The average molecular weight is 272 g/mol. The first-order valence-electron chi connectivity index (χ1n) is 7.01. The summed E-state index contributed by atoms with van der Waals surface area (Å²) in [6, 6.07) is 5.94. The zero-order valence-corrected chi connectivity index (χ0v) is 12.1. The minimum absolute atomic E-state index is 0.00713. The third-order valence-electron chi connectivity index (χ3n) is 4.86. The molecule has 0 spiro atoms. The van der Waals surface area contributed by atoms with E-state index in [9.17, 15) is 9.59 Å². The SMILES string of the molecule is Cc1cc(CN)ccc1CN1C(=O)C2C(C1=O)C2(C)C. The molecule has 1 aromatic carbocycles. The van der Waals surface area contributed by atoms with Crippen LogP contribution < -0.4 is 5.73 Å². The molecule has 2 aliphatic rings. The summed E-state index contributed by atoms with van der Waals surface area (Å²) in [4.78, 5) is 26.0. The van der Waals surface area contributed by atoms with Gasteiger partial charge in [-0.3, -0.25) is 14.5 Å². The lowest BCUT2D eigenvalue weighted by Gasteiger charge is -2.21. The summed E-state index contributed by atoms with van der Waals surface area (Å²) in [7, 11) is 0. The summed E-state index contributed by atoms with van der Waals surface area (Å²) < 4.78 is 0. The molecule has 1 aromatic rings. The highest BCUT2D eigenvalue weighted by Gasteiger charge is 2.72. The van der Waals surface area contributed by atoms with Gasteiger partial charge >= 0.3 is 0 Å². The van der Waals surface area contributed by atoms with E-state index in [1.165, 1.54) is 4.90 Å². The Balaban J connectivity index is 1.80. The molecule has 2 fully saturated rings. The van der Waals surface area contributed by atoms with Crippen molar-refractivity contribution in [3.8, 4) is 0 Å². The van der Waals surface area contributed by atoms with Crippen LogP contribution in [0.4, 0.5) is 0 Å². The molecule has 2 unspecified atom stereocenters. The van der Waals surface area contributed by atoms with Gasteiger partial charge in [0, 0.05) is 6.54 Å². The molecule has 2 atom stereocenters. The molecule has 2 amide bonds. The van der Waals surface area contributed by atoms with E-state index in [1.54, 1.807) is 0 Å². The number of nitrogens with zero attached hydrogens (tertiary/aromatic N) is 1. The van der Waals surface area contributed by atoms with Gasteiger partial charge in [0.25, 0.3) is 0 Å². The highest BCUT2D eigenvalue weighted by Crippen LogP contribution is 2.63. The van der Waals surface area contributed by atoms with Gasteiger partial charge in [0.1, 0.15) is 0 Å². The molecular formula is C16H20N2O2.